The molecular weight excluding hydrogens is 172 g/mol. The Morgan fingerprint density at radius 1 is 1.58 bits per heavy atom. The van der Waals surface area contributed by atoms with Crippen molar-refractivity contribution in [3.05, 3.63) is 27.5 Å². The molecule has 0 aliphatic carbocycles. The largest absolute Gasteiger partial charge is 0.366 e. The maximum Gasteiger partial charge on any atom is 0.251 e. The van der Waals surface area contributed by atoms with Crippen LogP contribution in [0, 0.1) is 18.5 Å². The van der Waals surface area contributed by atoms with Crippen molar-refractivity contribution >= 4 is 18.1 Å². The minimum absolute atomic E-state index is 0.383. The SMILES string of the molecule is Cc1cc(C(N)=O)c(=S)[nH]c1C. The molecule has 0 aromatic carbocycles. The van der Waals surface area contributed by atoms with Crippen LogP contribution in [0.25, 0.3) is 0 Å². The van der Waals surface area contributed by atoms with Crippen molar-refractivity contribution in [3.63, 3.8) is 0 Å². The minimum Gasteiger partial charge on any atom is -0.366 e. The van der Waals surface area contributed by atoms with E-state index in [1.165, 1.54) is 0 Å². The van der Waals surface area contributed by atoms with Crippen LogP contribution in [0.5, 0.6) is 0 Å². The Balaban J connectivity index is 3.43. The standard InChI is InChI=1S/C8H10N2OS/c1-4-3-6(7(9)11)8(12)10-5(4)2/h3H,1-2H3,(H2,9,11)(H,10,12). The highest BCUT2D eigenvalue weighted by Crippen LogP contribution is 2.07. The summed E-state index contributed by atoms with van der Waals surface area (Å²) in [4.78, 5) is 13.7. The number of rotatable bonds is 1. The van der Waals surface area contributed by atoms with E-state index >= 15 is 0 Å². The van der Waals surface area contributed by atoms with E-state index in [1.807, 2.05) is 13.8 Å². The van der Waals surface area contributed by atoms with Gasteiger partial charge in [-0.1, -0.05) is 12.2 Å². The number of H-pyrrole nitrogens is 1. The molecule has 0 bridgehead atoms. The molecule has 0 atom stereocenters. The molecule has 1 heterocycles. The van der Waals surface area contributed by atoms with Gasteiger partial charge in [-0.3, -0.25) is 4.79 Å². The van der Waals surface area contributed by atoms with E-state index in [0.717, 1.165) is 11.3 Å². The normalized spacial score (nSPS) is 9.83. The van der Waals surface area contributed by atoms with E-state index in [4.69, 9.17) is 18.0 Å². The quantitative estimate of drug-likeness (QED) is 0.646. The third-order valence-corrected chi connectivity index (χ3v) is 2.09. The number of nitrogens with one attached hydrogen (secondary N) is 1. The average molecular weight is 182 g/mol. The van der Waals surface area contributed by atoms with Crippen LogP contribution in [0.1, 0.15) is 21.6 Å². The van der Waals surface area contributed by atoms with E-state index in [-0.39, 0.29) is 0 Å². The Labute approximate surface area is 75.6 Å². The summed E-state index contributed by atoms with van der Waals surface area (Å²) < 4.78 is 0.408. The molecule has 0 aliphatic heterocycles. The van der Waals surface area contributed by atoms with Gasteiger partial charge in [-0.05, 0) is 25.5 Å². The number of hydrogen-bond acceptors (Lipinski definition) is 2. The lowest BCUT2D eigenvalue weighted by Crippen LogP contribution is -2.13. The number of aromatic amines is 1. The highest BCUT2D eigenvalue weighted by Gasteiger charge is 2.04. The summed E-state index contributed by atoms with van der Waals surface area (Å²) in [7, 11) is 0. The summed E-state index contributed by atoms with van der Waals surface area (Å²) >= 11 is 4.92. The van der Waals surface area contributed by atoms with Crippen molar-refractivity contribution in [1.29, 1.82) is 0 Å². The first kappa shape index (κ1) is 8.93. The summed E-state index contributed by atoms with van der Waals surface area (Å²) in [5, 5.41) is 0. The second kappa shape index (κ2) is 3.06. The number of nitrogens with two attached hydrogens (primary N) is 1. The molecule has 0 aliphatic rings. The van der Waals surface area contributed by atoms with Crippen LogP contribution in [0.15, 0.2) is 6.07 Å². The number of pyridine rings is 1. The zero-order valence-corrected chi connectivity index (χ0v) is 7.79. The van der Waals surface area contributed by atoms with Crippen LogP contribution >= 0.6 is 12.2 Å². The molecule has 12 heavy (non-hydrogen) atoms. The van der Waals surface area contributed by atoms with Crippen molar-refractivity contribution in [1.82, 2.24) is 4.98 Å². The smallest absolute Gasteiger partial charge is 0.251 e. The lowest BCUT2D eigenvalue weighted by molar-refractivity contribution is 0.0999. The summed E-state index contributed by atoms with van der Waals surface area (Å²) in [6.07, 6.45) is 0. The molecule has 1 rings (SSSR count). The number of aromatic nitrogens is 1. The molecule has 3 nitrogen and oxygen atoms in total. The van der Waals surface area contributed by atoms with Gasteiger partial charge in [0.2, 0.25) is 0 Å². The van der Waals surface area contributed by atoms with Crippen LogP contribution in [-0.2, 0) is 0 Å². The van der Waals surface area contributed by atoms with E-state index in [9.17, 15) is 4.79 Å². The molecule has 0 saturated carbocycles. The predicted molar refractivity (Wildman–Crippen MR) is 49.6 cm³/mol. The first-order valence-electron chi connectivity index (χ1n) is 3.52. The lowest BCUT2D eigenvalue weighted by Gasteiger charge is -2.02. The predicted octanol–water partition coefficient (Wildman–Crippen LogP) is 1.46. The third-order valence-electron chi connectivity index (χ3n) is 1.76. The monoisotopic (exact) mass is 182 g/mol. The van der Waals surface area contributed by atoms with Crippen molar-refractivity contribution in [2.45, 2.75) is 13.8 Å². The highest BCUT2D eigenvalue weighted by molar-refractivity contribution is 7.71. The Bertz CT molecular complexity index is 381. The Hall–Kier alpha value is -1.16. The van der Waals surface area contributed by atoms with Crippen LogP contribution < -0.4 is 5.73 Å². The van der Waals surface area contributed by atoms with Gasteiger partial charge in [0.25, 0.3) is 5.91 Å². The molecule has 64 valence electrons. The first-order chi connectivity index (χ1) is 5.52. The van der Waals surface area contributed by atoms with E-state index in [1.54, 1.807) is 6.07 Å². The summed E-state index contributed by atoms with van der Waals surface area (Å²) in [5.41, 5.74) is 7.44. The number of amides is 1. The van der Waals surface area contributed by atoms with Gasteiger partial charge in [0, 0.05) is 5.69 Å². The van der Waals surface area contributed by atoms with Crippen molar-refractivity contribution in [2.24, 2.45) is 5.73 Å². The molecule has 1 aromatic heterocycles. The molecule has 0 saturated heterocycles. The van der Waals surface area contributed by atoms with Crippen LogP contribution in [-0.4, -0.2) is 10.9 Å². The fourth-order valence-corrected chi connectivity index (χ4v) is 1.22. The van der Waals surface area contributed by atoms with Gasteiger partial charge in [-0.2, -0.15) is 0 Å². The number of carbonyl (C=O) groups is 1. The molecule has 4 heteroatoms. The van der Waals surface area contributed by atoms with Gasteiger partial charge in [0.1, 0.15) is 4.64 Å². The Morgan fingerprint density at radius 2 is 2.17 bits per heavy atom. The fraction of sp³-hybridized carbons (Fsp3) is 0.250. The molecule has 0 unspecified atom stereocenters. The van der Waals surface area contributed by atoms with Gasteiger partial charge < -0.3 is 10.7 Å². The number of carbonyl (C=O) groups excluding carboxylic acids is 1. The maximum absolute atomic E-state index is 10.8. The van der Waals surface area contributed by atoms with E-state index < -0.39 is 5.91 Å². The zero-order valence-electron chi connectivity index (χ0n) is 6.97. The van der Waals surface area contributed by atoms with Crippen LogP contribution in [0.3, 0.4) is 0 Å². The average Bonchev–Trinajstić information content (AvgIpc) is 1.96. The topological polar surface area (TPSA) is 58.9 Å². The molecule has 0 spiro atoms. The Morgan fingerprint density at radius 3 is 2.67 bits per heavy atom. The molecule has 3 N–H and O–H groups in total. The van der Waals surface area contributed by atoms with E-state index in [2.05, 4.69) is 4.98 Å². The number of primary amides is 1. The summed E-state index contributed by atoms with van der Waals surface area (Å²) in [5.74, 6) is -0.487. The van der Waals surface area contributed by atoms with E-state index in [0.29, 0.717) is 10.2 Å². The fourth-order valence-electron chi connectivity index (χ4n) is 0.910. The van der Waals surface area contributed by atoms with Gasteiger partial charge in [0.05, 0.1) is 5.56 Å². The first-order valence-corrected chi connectivity index (χ1v) is 3.93. The van der Waals surface area contributed by atoms with Crippen molar-refractivity contribution in [3.8, 4) is 0 Å². The molecule has 1 aromatic rings. The van der Waals surface area contributed by atoms with Gasteiger partial charge >= 0.3 is 0 Å². The van der Waals surface area contributed by atoms with Crippen LogP contribution in [0.4, 0.5) is 0 Å². The van der Waals surface area contributed by atoms with Gasteiger partial charge in [-0.15, -0.1) is 0 Å². The van der Waals surface area contributed by atoms with Gasteiger partial charge in [-0.25, -0.2) is 0 Å². The van der Waals surface area contributed by atoms with Crippen LogP contribution in [0.2, 0.25) is 0 Å². The molecule has 0 fully saturated rings. The molecule has 1 amide bonds. The van der Waals surface area contributed by atoms with Crippen molar-refractivity contribution < 1.29 is 4.79 Å². The maximum atomic E-state index is 10.8. The number of hydrogen-bond donors (Lipinski definition) is 2. The summed E-state index contributed by atoms with van der Waals surface area (Å²) in [6, 6.07) is 1.70. The number of aryl methyl sites for hydroxylation is 2. The second-order valence-corrected chi connectivity index (χ2v) is 3.09. The zero-order chi connectivity index (χ0) is 9.30. The lowest BCUT2D eigenvalue weighted by atomic mass is 10.1. The van der Waals surface area contributed by atoms with Crippen molar-refractivity contribution in [2.75, 3.05) is 0 Å². The molecule has 0 radical (unpaired) electrons. The Kier molecular flexibility index (Phi) is 2.28. The summed E-state index contributed by atoms with van der Waals surface area (Å²) in [6.45, 7) is 3.79. The third kappa shape index (κ3) is 1.53. The minimum atomic E-state index is -0.487. The highest BCUT2D eigenvalue weighted by atomic mass is 32.1. The second-order valence-electron chi connectivity index (χ2n) is 2.68. The van der Waals surface area contributed by atoms with Gasteiger partial charge in [0.15, 0.2) is 0 Å². The molecular formula is C8H10N2OS.